The van der Waals surface area contributed by atoms with E-state index in [1.54, 1.807) is 11.8 Å². The number of carbonyl (C=O) groups is 2. The van der Waals surface area contributed by atoms with Crippen molar-refractivity contribution in [1.82, 2.24) is 0 Å². The molecule has 2 unspecified atom stereocenters. The van der Waals surface area contributed by atoms with Gasteiger partial charge in [0, 0.05) is 27.7 Å². The molecule has 0 aliphatic carbocycles. The standard InChI is InChI=1S/C37H52O8S2/c1-21-23(3)32-27(25(5)30(21)40)9-12-35(7,44-32)14-16-37(34(42)43,19-47-20-46-18-11-29(38)39)17-15-36(8)13-10-28-26(6)31(41)22(2)24(4)33(28)45-36/h40-41H,9-20H2,1-8H3,(H,38,39)(H,42,43). The first-order valence-electron chi connectivity index (χ1n) is 16.6. The second-order valence-electron chi connectivity index (χ2n) is 14.3. The van der Waals surface area contributed by atoms with Gasteiger partial charge in [-0.1, -0.05) is 0 Å². The third-order valence-corrected chi connectivity index (χ3v) is 13.5. The van der Waals surface area contributed by atoms with Gasteiger partial charge in [-0.05, 0) is 140 Å². The molecule has 8 nitrogen and oxygen atoms in total. The van der Waals surface area contributed by atoms with Gasteiger partial charge in [0.1, 0.15) is 34.2 Å². The molecule has 0 saturated carbocycles. The molecule has 2 heterocycles. The predicted octanol–water partition coefficient (Wildman–Crippen LogP) is 8.35. The van der Waals surface area contributed by atoms with Crippen molar-refractivity contribution in [1.29, 1.82) is 0 Å². The van der Waals surface area contributed by atoms with Crippen molar-refractivity contribution < 1.29 is 39.5 Å². The molecule has 4 rings (SSSR count). The molecule has 0 bridgehead atoms. The van der Waals surface area contributed by atoms with Crippen LogP contribution in [0.4, 0.5) is 0 Å². The van der Waals surface area contributed by atoms with Crippen molar-refractivity contribution in [3.05, 3.63) is 44.5 Å². The smallest absolute Gasteiger partial charge is 0.310 e. The Hall–Kier alpha value is -2.72. The van der Waals surface area contributed by atoms with Crippen LogP contribution in [0.1, 0.15) is 103 Å². The number of thioether (sulfide) groups is 2. The maximum absolute atomic E-state index is 13.3. The highest BCUT2D eigenvalue weighted by Crippen LogP contribution is 2.49. The van der Waals surface area contributed by atoms with Gasteiger partial charge in [-0.3, -0.25) is 9.59 Å². The van der Waals surface area contributed by atoms with E-state index in [2.05, 4.69) is 13.8 Å². The number of ether oxygens (including phenoxy) is 2. The maximum atomic E-state index is 13.3. The number of phenolic OH excluding ortho intramolecular Hbond substituents is 2. The maximum Gasteiger partial charge on any atom is 0.310 e. The van der Waals surface area contributed by atoms with Gasteiger partial charge in [-0.2, -0.15) is 11.8 Å². The minimum atomic E-state index is -1.04. The van der Waals surface area contributed by atoms with Crippen LogP contribution < -0.4 is 9.47 Å². The van der Waals surface area contributed by atoms with Gasteiger partial charge < -0.3 is 29.9 Å². The molecule has 2 aliphatic heterocycles. The Labute approximate surface area is 288 Å². The van der Waals surface area contributed by atoms with Crippen molar-refractivity contribution in [2.24, 2.45) is 5.41 Å². The van der Waals surface area contributed by atoms with E-state index in [-0.39, 0.29) is 6.42 Å². The van der Waals surface area contributed by atoms with E-state index in [0.29, 0.717) is 53.8 Å². The molecule has 2 aromatic carbocycles. The molecule has 2 aliphatic rings. The summed E-state index contributed by atoms with van der Waals surface area (Å²) in [4.78, 5) is 24.3. The van der Waals surface area contributed by atoms with Crippen LogP contribution >= 0.6 is 23.5 Å². The van der Waals surface area contributed by atoms with E-state index < -0.39 is 28.6 Å². The van der Waals surface area contributed by atoms with Crippen molar-refractivity contribution >= 4 is 35.5 Å². The molecule has 0 amide bonds. The first kappa shape index (κ1) is 37.1. The first-order valence-corrected chi connectivity index (χ1v) is 18.9. The van der Waals surface area contributed by atoms with Gasteiger partial charge in [0.05, 0.1) is 11.8 Å². The topological polar surface area (TPSA) is 134 Å². The second-order valence-corrected chi connectivity index (χ2v) is 16.7. The molecular formula is C37H52O8S2. The first-order chi connectivity index (χ1) is 21.9. The fourth-order valence-electron chi connectivity index (χ4n) is 7.01. The van der Waals surface area contributed by atoms with Crippen LogP contribution in [0.5, 0.6) is 23.0 Å². The van der Waals surface area contributed by atoms with Crippen molar-refractivity contribution in [2.75, 3.05) is 16.6 Å². The van der Waals surface area contributed by atoms with Crippen molar-refractivity contribution in [2.45, 2.75) is 124 Å². The highest BCUT2D eigenvalue weighted by atomic mass is 32.2. The fourth-order valence-corrected chi connectivity index (χ4v) is 9.41. The summed E-state index contributed by atoms with van der Waals surface area (Å²) in [5, 5.41) is 41.8. The van der Waals surface area contributed by atoms with Crippen molar-refractivity contribution in [3.8, 4) is 23.0 Å². The summed E-state index contributed by atoms with van der Waals surface area (Å²) >= 11 is 3.08. The minimum Gasteiger partial charge on any atom is -0.507 e. The molecular weight excluding hydrogens is 637 g/mol. The molecule has 0 spiro atoms. The van der Waals surface area contributed by atoms with Gasteiger partial charge in [0.15, 0.2) is 0 Å². The largest absolute Gasteiger partial charge is 0.507 e. The molecule has 0 saturated heterocycles. The van der Waals surface area contributed by atoms with Gasteiger partial charge in [0.2, 0.25) is 0 Å². The summed E-state index contributed by atoms with van der Waals surface area (Å²) in [6.07, 6.45) is 4.98. The summed E-state index contributed by atoms with van der Waals surface area (Å²) in [5.41, 5.74) is 5.04. The van der Waals surface area contributed by atoms with Crippen LogP contribution in [0.3, 0.4) is 0 Å². The van der Waals surface area contributed by atoms with Crippen LogP contribution in [-0.4, -0.2) is 60.2 Å². The second kappa shape index (κ2) is 14.4. The SMILES string of the molecule is Cc1c(C)c2c(c(C)c1O)CCC(C)(CCC(CCC1(C)CCc3c(C)c(O)c(C)c(C)c3O1)(CSCSCCC(=O)O)C(=O)O)O2. The number of aromatic hydroxyl groups is 2. The van der Waals surface area contributed by atoms with Crippen molar-refractivity contribution in [3.63, 3.8) is 0 Å². The van der Waals surface area contributed by atoms with Gasteiger partial charge >= 0.3 is 11.9 Å². The quantitative estimate of drug-likeness (QED) is 0.113. The number of benzene rings is 2. The lowest BCUT2D eigenvalue weighted by molar-refractivity contribution is -0.149. The Bertz CT molecular complexity index is 1440. The average Bonchev–Trinajstić information content (AvgIpc) is 3.03. The lowest BCUT2D eigenvalue weighted by Crippen LogP contribution is -2.44. The summed E-state index contributed by atoms with van der Waals surface area (Å²) in [6, 6.07) is 0. The number of hydrogen-bond acceptors (Lipinski definition) is 8. The van der Waals surface area contributed by atoms with Crippen LogP contribution in [0.25, 0.3) is 0 Å². The highest BCUT2D eigenvalue weighted by molar-refractivity contribution is 8.16. The number of fused-ring (bicyclic) bond motifs is 2. The Morgan fingerprint density at radius 2 is 1.17 bits per heavy atom. The number of carboxylic acid groups (broad SMARTS) is 2. The fraction of sp³-hybridized carbons (Fsp3) is 0.622. The third kappa shape index (κ3) is 7.79. The van der Waals surface area contributed by atoms with Crippen LogP contribution in [0.15, 0.2) is 0 Å². The van der Waals surface area contributed by atoms with E-state index in [0.717, 1.165) is 81.7 Å². The summed E-state index contributed by atoms with van der Waals surface area (Å²) in [7, 11) is 0. The zero-order valence-corrected chi connectivity index (χ0v) is 30.9. The van der Waals surface area contributed by atoms with Gasteiger partial charge in [0.25, 0.3) is 0 Å². The van der Waals surface area contributed by atoms with E-state index in [1.807, 2.05) is 41.5 Å². The number of hydrogen-bond donors (Lipinski definition) is 4. The average molecular weight is 689 g/mol. The number of phenols is 2. The third-order valence-electron chi connectivity index (χ3n) is 10.9. The number of aliphatic carboxylic acids is 2. The molecule has 260 valence electrons. The number of carboxylic acids is 2. The van der Waals surface area contributed by atoms with E-state index >= 15 is 0 Å². The molecule has 47 heavy (non-hydrogen) atoms. The van der Waals surface area contributed by atoms with Crippen LogP contribution in [-0.2, 0) is 22.4 Å². The highest BCUT2D eigenvalue weighted by Gasteiger charge is 2.45. The van der Waals surface area contributed by atoms with E-state index in [1.165, 1.54) is 11.8 Å². The van der Waals surface area contributed by atoms with Crippen LogP contribution in [0, 0.1) is 47.0 Å². The lowest BCUT2D eigenvalue weighted by atomic mass is 9.73. The molecule has 2 atom stereocenters. The van der Waals surface area contributed by atoms with Gasteiger partial charge in [-0.15, -0.1) is 11.8 Å². The monoisotopic (exact) mass is 688 g/mol. The lowest BCUT2D eigenvalue weighted by Gasteiger charge is -2.42. The summed E-state index contributed by atoms with van der Waals surface area (Å²) in [6.45, 7) is 15.7. The molecule has 10 heteroatoms. The predicted molar refractivity (Wildman–Crippen MR) is 190 cm³/mol. The molecule has 0 fully saturated rings. The molecule has 0 radical (unpaired) electrons. The molecule has 4 N–H and O–H groups in total. The minimum absolute atomic E-state index is 0.0793. The zero-order valence-electron chi connectivity index (χ0n) is 29.2. The Kier molecular flexibility index (Phi) is 11.4. The van der Waals surface area contributed by atoms with Crippen LogP contribution in [0.2, 0.25) is 0 Å². The van der Waals surface area contributed by atoms with Gasteiger partial charge in [-0.25, -0.2) is 0 Å². The molecule has 2 aromatic rings. The number of rotatable bonds is 14. The Morgan fingerprint density at radius 3 is 1.57 bits per heavy atom. The Morgan fingerprint density at radius 1 is 0.723 bits per heavy atom. The zero-order chi connectivity index (χ0) is 34.9. The Balaban J connectivity index is 1.56. The molecule has 0 aromatic heterocycles. The summed E-state index contributed by atoms with van der Waals surface area (Å²) < 4.78 is 13.4. The van der Waals surface area contributed by atoms with E-state index in [9.17, 15) is 24.9 Å². The van der Waals surface area contributed by atoms with E-state index in [4.69, 9.17) is 14.6 Å². The summed E-state index contributed by atoms with van der Waals surface area (Å²) in [5.74, 6) is 1.47. The normalized spacial score (nSPS) is 21.6.